The topological polar surface area (TPSA) is 49.4 Å². The van der Waals surface area contributed by atoms with Crippen molar-refractivity contribution in [1.82, 2.24) is 10.2 Å². The molecule has 0 aromatic heterocycles. The molecule has 1 aliphatic heterocycles. The van der Waals surface area contributed by atoms with Crippen LogP contribution in [-0.2, 0) is 16.0 Å². The number of fused-ring (bicyclic) bond motifs is 5. The van der Waals surface area contributed by atoms with Crippen molar-refractivity contribution in [2.75, 3.05) is 7.05 Å². The molecule has 1 N–H and O–H groups in total. The number of nitrogens with one attached hydrogen (secondary N) is 1. The average Bonchev–Trinajstić information content (AvgIpc) is 3.29. The number of rotatable bonds is 5. The molecule has 0 spiro atoms. The standard InChI is InChI=1S/C34H42N2O2/c1-33-20-18-27-25(14-17-30-34(27,2)21-19-31(37)36(30)3)26(33)15-16-28(33)32(38)35-29(24-12-8-5-9-13-24)22-23-10-6-4-7-11-23/h4-13,19,21,25-30H,14-18,20,22H2,1-3H3,(H,35,38)/t25-,26-,27-,28+,29-,30+,33-,34+/m0/s1. The summed E-state index contributed by atoms with van der Waals surface area (Å²) in [5, 5.41) is 3.52. The van der Waals surface area contributed by atoms with Crippen LogP contribution in [0.15, 0.2) is 72.8 Å². The fraction of sp³-hybridized carbons (Fsp3) is 0.529. The molecule has 0 radical (unpaired) electrons. The molecule has 2 aromatic carbocycles. The minimum absolute atomic E-state index is 0.0279. The summed E-state index contributed by atoms with van der Waals surface area (Å²) in [6, 6.07) is 21.2. The number of likely N-dealkylation sites (N-methyl/N-ethyl adjacent to an activating group) is 1. The third kappa shape index (κ3) is 4.12. The third-order valence-corrected chi connectivity index (χ3v) is 11.2. The van der Waals surface area contributed by atoms with Gasteiger partial charge in [-0.3, -0.25) is 9.59 Å². The summed E-state index contributed by atoms with van der Waals surface area (Å²) in [6.45, 7) is 4.81. The minimum atomic E-state index is -0.0279. The first-order valence-corrected chi connectivity index (χ1v) is 14.7. The van der Waals surface area contributed by atoms with E-state index in [1.54, 1.807) is 0 Å². The van der Waals surface area contributed by atoms with Gasteiger partial charge in [-0.1, -0.05) is 80.6 Å². The highest BCUT2D eigenvalue weighted by Crippen LogP contribution is 2.65. The van der Waals surface area contributed by atoms with Crippen molar-refractivity contribution in [2.24, 2.45) is 34.5 Å². The van der Waals surface area contributed by atoms with E-state index in [0.717, 1.165) is 38.5 Å². The van der Waals surface area contributed by atoms with E-state index in [1.165, 1.54) is 17.5 Å². The van der Waals surface area contributed by atoms with Crippen LogP contribution in [0.2, 0.25) is 0 Å². The highest BCUT2D eigenvalue weighted by molar-refractivity contribution is 5.89. The van der Waals surface area contributed by atoms with Crippen molar-refractivity contribution in [3.05, 3.63) is 83.9 Å². The van der Waals surface area contributed by atoms with Crippen LogP contribution in [0.5, 0.6) is 0 Å². The molecule has 2 amide bonds. The summed E-state index contributed by atoms with van der Waals surface area (Å²) in [5.74, 6) is 2.24. The highest BCUT2D eigenvalue weighted by Gasteiger charge is 2.61. The van der Waals surface area contributed by atoms with E-state index < -0.39 is 0 Å². The van der Waals surface area contributed by atoms with Crippen molar-refractivity contribution >= 4 is 11.8 Å². The van der Waals surface area contributed by atoms with E-state index in [2.05, 4.69) is 73.8 Å². The lowest BCUT2D eigenvalue weighted by Gasteiger charge is -2.60. The summed E-state index contributed by atoms with van der Waals surface area (Å²) in [7, 11) is 1.98. The fourth-order valence-corrected chi connectivity index (χ4v) is 9.23. The second kappa shape index (κ2) is 9.70. The molecular weight excluding hydrogens is 468 g/mol. The molecule has 38 heavy (non-hydrogen) atoms. The molecular formula is C34H42N2O2. The molecule has 200 valence electrons. The lowest BCUT2D eigenvalue weighted by molar-refractivity contribution is -0.142. The first-order chi connectivity index (χ1) is 18.3. The van der Waals surface area contributed by atoms with Crippen LogP contribution >= 0.6 is 0 Å². The van der Waals surface area contributed by atoms with Crippen LogP contribution in [0.25, 0.3) is 0 Å². The average molecular weight is 511 g/mol. The minimum Gasteiger partial charge on any atom is -0.349 e. The molecule has 1 heterocycles. The van der Waals surface area contributed by atoms with Gasteiger partial charge < -0.3 is 10.2 Å². The summed E-state index contributed by atoms with van der Waals surface area (Å²) < 4.78 is 0. The van der Waals surface area contributed by atoms with Crippen LogP contribution in [-0.4, -0.2) is 29.8 Å². The molecule has 4 aliphatic rings. The van der Waals surface area contributed by atoms with Crippen molar-refractivity contribution < 1.29 is 9.59 Å². The largest absolute Gasteiger partial charge is 0.349 e. The Labute approximate surface area is 227 Å². The zero-order valence-electron chi connectivity index (χ0n) is 23.1. The molecule has 2 aromatic rings. The van der Waals surface area contributed by atoms with Gasteiger partial charge in [0, 0.05) is 24.4 Å². The zero-order chi connectivity index (χ0) is 26.5. The molecule has 6 rings (SSSR count). The van der Waals surface area contributed by atoms with Gasteiger partial charge in [-0.2, -0.15) is 0 Å². The molecule has 3 aliphatic carbocycles. The van der Waals surface area contributed by atoms with E-state index >= 15 is 0 Å². The van der Waals surface area contributed by atoms with Gasteiger partial charge in [0.2, 0.25) is 11.8 Å². The summed E-state index contributed by atoms with van der Waals surface area (Å²) in [4.78, 5) is 28.4. The molecule has 3 fully saturated rings. The number of nitrogens with zero attached hydrogens (tertiary/aromatic N) is 1. The normalized spacial score (nSPS) is 36.7. The maximum atomic E-state index is 14.0. The van der Waals surface area contributed by atoms with Crippen molar-refractivity contribution in [3.8, 4) is 0 Å². The van der Waals surface area contributed by atoms with Crippen LogP contribution in [0.4, 0.5) is 0 Å². The molecule has 4 heteroatoms. The Morgan fingerprint density at radius 2 is 1.66 bits per heavy atom. The van der Waals surface area contributed by atoms with Crippen LogP contribution in [0.3, 0.4) is 0 Å². The van der Waals surface area contributed by atoms with E-state index in [4.69, 9.17) is 0 Å². The van der Waals surface area contributed by atoms with E-state index in [0.29, 0.717) is 23.8 Å². The first-order valence-electron chi connectivity index (χ1n) is 14.7. The second-order valence-electron chi connectivity index (χ2n) is 13.0. The predicted molar refractivity (Wildman–Crippen MR) is 151 cm³/mol. The third-order valence-electron chi connectivity index (χ3n) is 11.2. The Morgan fingerprint density at radius 1 is 0.947 bits per heavy atom. The summed E-state index contributed by atoms with van der Waals surface area (Å²) in [5.41, 5.74) is 2.50. The Kier molecular flexibility index (Phi) is 6.48. The first kappa shape index (κ1) is 25.4. The lowest BCUT2D eigenvalue weighted by Crippen LogP contribution is -2.60. The summed E-state index contributed by atoms with van der Waals surface area (Å²) >= 11 is 0. The van der Waals surface area contributed by atoms with Gasteiger partial charge >= 0.3 is 0 Å². The quantitative estimate of drug-likeness (QED) is 0.510. The van der Waals surface area contributed by atoms with E-state index in [1.807, 2.05) is 30.2 Å². The van der Waals surface area contributed by atoms with Gasteiger partial charge in [0.15, 0.2) is 0 Å². The van der Waals surface area contributed by atoms with Gasteiger partial charge in [-0.05, 0) is 85.3 Å². The number of amides is 2. The molecule has 0 bridgehead atoms. The number of hydrogen-bond acceptors (Lipinski definition) is 2. The van der Waals surface area contributed by atoms with Gasteiger partial charge in [0.25, 0.3) is 0 Å². The smallest absolute Gasteiger partial charge is 0.246 e. The van der Waals surface area contributed by atoms with Crippen LogP contribution in [0, 0.1) is 34.5 Å². The fourth-order valence-electron chi connectivity index (χ4n) is 9.23. The Balaban J connectivity index is 1.22. The number of carbonyl (C=O) groups excluding carboxylic acids is 2. The van der Waals surface area contributed by atoms with Gasteiger partial charge in [0.05, 0.1) is 6.04 Å². The highest BCUT2D eigenvalue weighted by atomic mass is 16.2. The second-order valence-corrected chi connectivity index (χ2v) is 13.0. The van der Waals surface area contributed by atoms with Gasteiger partial charge in [0.1, 0.15) is 0 Å². The zero-order valence-corrected chi connectivity index (χ0v) is 23.1. The lowest BCUT2D eigenvalue weighted by atomic mass is 9.47. The number of benzene rings is 2. The molecule has 0 saturated heterocycles. The van der Waals surface area contributed by atoms with E-state index in [-0.39, 0.29) is 34.6 Å². The van der Waals surface area contributed by atoms with Crippen molar-refractivity contribution in [1.29, 1.82) is 0 Å². The number of hydrogen-bond donors (Lipinski definition) is 1. The van der Waals surface area contributed by atoms with Crippen molar-refractivity contribution in [2.45, 2.75) is 70.9 Å². The predicted octanol–water partition coefficient (Wildman–Crippen LogP) is 6.34. The van der Waals surface area contributed by atoms with E-state index in [9.17, 15) is 9.59 Å². The molecule has 3 saturated carbocycles. The van der Waals surface area contributed by atoms with Crippen LogP contribution in [0.1, 0.15) is 69.5 Å². The van der Waals surface area contributed by atoms with Gasteiger partial charge in [-0.25, -0.2) is 0 Å². The maximum Gasteiger partial charge on any atom is 0.246 e. The van der Waals surface area contributed by atoms with Crippen LogP contribution < -0.4 is 5.32 Å². The Hall–Kier alpha value is -2.88. The Morgan fingerprint density at radius 3 is 2.39 bits per heavy atom. The van der Waals surface area contributed by atoms with Gasteiger partial charge in [-0.15, -0.1) is 0 Å². The molecule has 8 atom stereocenters. The maximum absolute atomic E-state index is 14.0. The summed E-state index contributed by atoms with van der Waals surface area (Å²) in [6.07, 6.45) is 11.5. The van der Waals surface area contributed by atoms with Crippen molar-refractivity contribution in [3.63, 3.8) is 0 Å². The number of carbonyl (C=O) groups is 2. The monoisotopic (exact) mass is 510 g/mol. The Bertz CT molecular complexity index is 1210. The molecule has 0 unspecified atom stereocenters. The molecule has 4 nitrogen and oxygen atoms in total. The SMILES string of the molecule is CN1C(=O)C=C[C@]2(C)[C@H]3CC[C@]4(C)[C@@H](C(=O)N[C@@H](Cc5ccccc5)c5ccccc5)CC[C@H]4[C@@H]3CC[C@@H]12.